The van der Waals surface area contributed by atoms with Crippen molar-refractivity contribution >= 4 is 40.3 Å². The Hall–Kier alpha value is -2.37. The van der Waals surface area contributed by atoms with E-state index in [9.17, 15) is 0 Å². The van der Waals surface area contributed by atoms with Gasteiger partial charge in [-0.2, -0.15) is 5.10 Å². The molecule has 4 nitrogen and oxygen atoms in total. The zero-order valence-electron chi connectivity index (χ0n) is 14.1. The van der Waals surface area contributed by atoms with Crippen molar-refractivity contribution in [1.29, 1.82) is 0 Å². The second kappa shape index (κ2) is 7.68. The topological polar surface area (TPSA) is 41.9 Å². The Bertz CT molecular complexity index is 904. The summed E-state index contributed by atoms with van der Waals surface area (Å²) in [5, 5.41) is 12.0. The molecule has 0 aliphatic heterocycles. The van der Waals surface area contributed by atoms with Crippen molar-refractivity contribution in [1.82, 2.24) is 9.78 Å². The molecular weight excluding hydrogens is 352 g/mol. The Kier molecular flexibility index (Phi) is 5.36. The molecule has 1 heterocycles. The van der Waals surface area contributed by atoms with Crippen molar-refractivity contribution in [2.24, 2.45) is 0 Å². The lowest BCUT2D eigenvalue weighted by atomic mass is 10.1. The lowest BCUT2D eigenvalue weighted by Crippen LogP contribution is -2.19. The molecule has 0 radical (unpaired) electrons. The van der Waals surface area contributed by atoms with Crippen molar-refractivity contribution in [2.45, 2.75) is 20.4 Å². The van der Waals surface area contributed by atoms with Gasteiger partial charge in [-0.05, 0) is 54.9 Å². The van der Waals surface area contributed by atoms with Gasteiger partial charge in [0.05, 0.1) is 18.4 Å². The van der Waals surface area contributed by atoms with Crippen LogP contribution in [0.4, 0.5) is 11.4 Å². The predicted octanol–water partition coefficient (Wildman–Crippen LogP) is 5.01. The number of hydrogen-bond donors (Lipinski definition) is 2. The summed E-state index contributed by atoms with van der Waals surface area (Å²) in [5.41, 5.74) is 5.18. The smallest absolute Gasteiger partial charge is 0.175 e. The van der Waals surface area contributed by atoms with Crippen LogP contribution in [0.25, 0.3) is 0 Å². The largest absolute Gasteiger partial charge is 0.332 e. The Morgan fingerprint density at radius 1 is 1.16 bits per heavy atom. The molecule has 2 aromatic carbocycles. The monoisotopic (exact) mass is 370 g/mol. The van der Waals surface area contributed by atoms with Crippen LogP contribution < -0.4 is 10.6 Å². The highest BCUT2D eigenvalue weighted by Crippen LogP contribution is 2.18. The average Bonchev–Trinajstić information content (AvgIpc) is 3.00. The Labute approximate surface area is 157 Å². The quantitative estimate of drug-likeness (QED) is 0.633. The molecule has 25 heavy (non-hydrogen) atoms. The fourth-order valence-corrected chi connectivity index (χ4v) is 2.89. The third kappa shape index (κ3) is 4.59. The number of hydrogen-bond acceptors (Lipinski definition) is 2. The maximum Gasteiger partial charge on any atom is 0.175 e. The zero-order valence-corrected chi connectivity index (χ0v) is 15.7. The lowest BCUT2D eigenvalue weighted by molar-refractivity contribution is 0.687. The molecule has 0 amide bonds. The fourth-order valence-electron chi connectivity index (χ4n) is 2.47. The molecule has 2 N–H and O–H groups in total. The van der Waals surface area contributed by atoms with Crippen LogP contribution in [0.1, 0.15) is 16.7 Å². The molecule has 128 valence electrons. The van der Waals surface area contributed by atoms with E-state index in [-0.39, 0.29) is 0 Å². The summed E-state index contributed by atoms with van der Waals surface area (Å²) in [7, 11) is 0. The number of thiocarbonyl (C=S) groups is 1. The lowest BCUT2D eigenvalue weighted by Gasteiger charge is -2.12. The van der Waals surface area contributed by atoms with E-state index in [2.05, 4.69) is 40.9 Å². The summed E-state index contributed by atoms with van der Waals surface area (Å²) >= 11 is 11.6. The maximum atomic E-state index is 6.20. The number of aryl methyl sites for hydroxylation is 2. The van der Waals surface area contributed by atoms with Gasteiger partial charge in [0.25, 0.3) is 0 Å². The van der Waals surface area contributed by atoms with Crippen LogP contribution >= 0.6 is 23.8 Å². The normalized spacial score (nSPS) is 10.5. The van der Waals surface area contributed by atoms with Gasteiger partial charge >= 0.3 is 0 Å². The van der Waals surface area contributed by atoms with Crippen LogP contribution in [0, 0.1) is 13.8 Å². The van der Waals surface area contributed by atoms with Crippen molar-refractivity contribution in [3.8, 4) is 0 Å². The number of anilines is 2. The molecule has 0 spiro atoms. The highest BCUT2D eigenvalue weighted by Gasteiger charge is 2.06. The van der Waals surface area contributed by atoms with Gasteiger partial charge in [0.2, 0.25) is 0 Å². The van der Waals surface area contributed by atoms with Crippen molar-refractivity contribution in [3.63, 3.8) is 0 Å². The minimum Gasteiger partial charge on any atom is -0.332 e. The molecule has 0 aliphatic rings. The molecule has 0 saturated carbocycles. The fraction of sp³-hybridized carbons (Fsp3) is 0.158. The summed E-state index contributed by atoms with van der Waals surface area (Å²) < 4.78 is 1.82. The van der Waals surface area contributed by atoms with Gasteiger partial charge in [0.1, 0.15) is 0 Å². The second-order valence-corrected chi connectivity index (χ2v) is 6.73. The molecule has 0 aliphatic carbocycles. The van der Waals surface area contributed by atoms with Gasteiger partial charge < -0.3 is 10.6 Å². The van der Waals surface area contributed by atoms with E-state index >= 15 is 0 Å². The maximum absolute atomic E-state index is 6.20. The molecule has 0 unspecified atom stereocenters. The minimum absolute atomic E-state index is 0.533. The molecule has 6 heteroatoms. The van der Waals surface area contributed by atoms with Gasteiger partial charge in [0.15, 0.2) is 5.11 Å². The van der Waals surface area contributed by atoms with Crippen molar-refractivity contribution in [3.05, 3.63) is 76.6 Å². The van der Waals surface area contributed by atoms with Crippen LogP contribution in [0.5, 0.6) is 0 Å². The van der Waals surface area contributed by atoms with E-state index in [4.69, 9.17) is 23.8 Å². The van der Waals surface area contributed by atoms with Gasteiger partial charge in [-0.1, -0.05) is 41.9 Å². The third-order valence-electron chi connectivity index (χ3n) is 3.82. The van der Waals surface area contributed by atoms with Gasteiger partial charge in [-0.15, -0.1) is 0 Å². The number of halogens is 1. The van der Waals surface area contributed by atoms with E-state index in [1.165, 1.54) is 5.56 Å². The van der Waals surface area contributed by atoms with E-state index in [1.54, 1.807) is 6.20 Å². The first kappa shape index (κ1) is 17.5. The summed E-state index contributed by atoms with van der Waals surface area (Å²) in [4.78, 5) is 0. The number of nitrogens with zero attached hydrogens (tertiary/aromatic N) is 2. The molecule has 0 bridgehead atoms. The predicted molar refractivity (Wildman–Crippen MR) is 109 cm³/mol. The van der Waals surface area contributed by atoms with Gasteiger partial charge in [-0.3, -0.25) is 4.68 Å². The molecule has 1 aromatic heterocycles. The summed E-state index contributed by atoms with van der Waals surface area (Å²) in [6.45, 7) is 4.71. The molecule has 0 atom stereocenters. The first-order valence-corrected chi connectivity index (χ1v) is 8.71. The van der Waals surface area contributed by atoms with Crippen LogP contribution in [0.15, 0.2) is 54.9 Å². The second-order valence-electron chi connectivity index (χ2n) is 5.92. The number of aromatic nitrogens is 2. The molecule has 3 rings (SSSR count). The van der Waals surface area contributed by atoms with Crippen LogP contribution in [-0.2, 0) is 6.54 Å². The summed E-state index contributed by atoms with van der Waals surface area (Å²) in [6, 6.07) is 14.0. The van der Waals surface area contributed by atoms with Gasteiger partial charge in [-0.25, -0.2) is 0 Å². The Morgan fingerprint density at radius 3 is 2.76 bits per heavy atom. The zero-order chi connectivity index (χ0) is 17.8. The first-order valence-electron chi connectivity index (χ1n) is 7.92. The van der Waals surface area contributed by atoms with Crippen molar-refractivity contribution < 1.29 is 0 Å². The van der Waals surface area contributed by atoms with Gasteiger partial charge in [0, 0.05) is 16.9 Å². The Morgan fingerprint density at radius 2 is 1.96 bits per heavy atom. The molecular formula is C19H19ClN4S. The summed E-state index contributed by atoms with van der Waals surface area (Å²) in [6.07, 6.45) is 3.65. The van der Waals surface area contributed by atoms with Crippen LogP contribution in [0.3, 0.4) is 0 Å². The minimum atomic E-state index is 0.533. The standard InChI is InChI=1S/C19H19ClN4S/c1-13-7-8-14(2)18(9-13)23-19(25)22-16-10-21-24(12-16)11-15-5-3-4-6-17(15)20/h3-10,12H,11H2,1-2H3,(H2,22,23,25). The van der Waals surface area contributed by atoms with Crippen LogP contribution in [0.2, 0.25) is 5.02 Å². The SMILES string of the molecule is Cc1ccc(C)c(NC(=S)Nc2cnn(Cc3ccccc3Cl)c2)c1. The van der Waals surface area contributed by atoms with Crippen molar-refractivity contribution in [2.75, 3.05) is 10.6 Å². The number of nitrogens with one attached hydrogen (secondary N) is 2. The van der Waals surface area contributed by atoms with E-state index in [0.717, 1.165) is 27.5 Å². The van der Waals surface area contributed by atoms with Crippen LogP contribution in [-0.4, -0.2) is 14.9 Å². The molecule has 0 saturated heterocycles. The first-order chi connectivity index (χ1) is 12.0. The summed E-state index contributed by atoms with van der Waals surface area (Å²) in [5.74, 6) is 0. The average molecular weight is 371 g/mol. The van der Waals surface area contributed by atoms with E-state index < -0.39 is 0 Å². The molecule has 3 aromatic rings. The number of rotatable bonds is 4. The highest BCUT2D eigenvalue weighted by atomic mass is 35.5. The number of benzene rings is 2. The highest BCUT2D eigenvalue weighted by molar-refractivity contribution is 7.80. The Balaban J connectivity index is 1.64. The van der Waals surface area contributed by atoms with E-state index in [1.807, 2.05) is 42.1 Å². The third-order valence-corrected chi connectivity index (χ3v) is 4.40. The molecule has 0 fully saturated rings. The van der Waals surface area contributed by atoms with E-state index in [0.29, 0.717) is 11.7 Å².